The molecule has 0 aliphatic carbocycles. The summed E-state index contributed by atoms with van der Waals surface area (Å²) in [7, 11) is 0. The Balaban J connectivity index is 2.07. The van der Waals surface area contributed by atoms with Gasteiger partial charge < -0.3 is 5.11 Å². The molecule has 1 aromatic heterocycles. The lowest BCUT2D eigenvalue weighted by atomic mass is 10.2. The van der Waals surface area contributed by atoms with Gasteiger partial charge in [0, 0.05) is 28.5 Å². The van der Waals surface area contributed by atoms with Crippen molar-refractivity contribution in [2.24, 2.45) is 5.10 Å². The van der Waals surface area contributed by atoms with E-state index < -0.39 is 22.3 Å². The molecule has 23 heavy (non-hydrogen) atoms. The maximum Gasteiger partial charge on any atom is 0.312 e. The number of hydrogen-bond acceptors (Lipinski definition) is 6. The molecule has 0 atom stereocenters. The van der Waals surface area contributed by atoms with Gasteiger partial charge >= 0.3 is 5.69 Å². The minimum Gasteiger partial charge on any atom is -0.502 e. The predicted octanol–water partition coefficient (Wildman–Crippen LogP) is 1.61. The molecular formula is C13H12ClN5O4. The van der Waals surface area contributed by atoms with E-state index in [4.69, 9.17) is 11.6 Å². The standard InChI is InChI=1S/C13H12ClN5O4/c1-8-2-3-16-18(8)7-12(20)17-15-6-9-4-10(14)5-11(13(9)21)19(22)23/h2-6,21H,7H2,1H3,(H,17,20). The molecule has 0 aliphatic heterocycles. The van der Waals surface area contributed by atoms with Crippen LogP contribution in [0, 0.1) is 17.0 Å². The molecule has 120 valence electrons. The van der Waals surface area contributed by atoms with Crippen LogP contribution in [-0.2, 0) is 11.3 Å². The monoisotopic (exact) mass is 337 g/mol. The lowest BCUT2D eigenvalue weighted by molar-refractivity contribution is -0.385. The Morgan fingerprint density at radius 2 is 2.35 bits per heavy atom. The van der Waals surface area contributed by atoms with Crippen LogP contribution in [0.3, 0.4) is 0 Å². The molecule has 10 heteroatoms. The Kier molecular flexibility index (Phi) is 4.91. The average Bonchev–Trinajstić information content (AvgIpc) is 2.87. The van der Waals surface area contributed by atoms with E-state index in [-0.39, 0.29) is 17.1 Å². The Bertz CT molecular complexity index is 787. The molecule has 0 radical (unpaired) electrons. The molecular weight excluding hydrogens is 326 g/mol. The molecule has 0 spiro atoms. The number of halogens is 1. The smallest absolute Gasteiger partial charge is 0.312 e. The molecule has 0 fully saturated rings. The molecule has 2 aromatic rings. The highest BCUT2D eigenvalue weighted by Gasteiger charge is 2.17. The maximum atomic E-state index is 11.7. The third-order valence-corrected chi connectivity index (χ3v) is 3.11. The van der Waals surface area contributed by atoms with Crippen molar-refractivity contribution in [2.75, 3.05) is 0 Å². The van der Waals surface area contributed by atoms with E-state index in [2.05, 4.69) is 15.6 Å². The van der Waals surface area contributed by atoms with E-state index in [1.54, 1.807) is 19.2 Å². The molecule has 2 rings (SSSR count). The number of rotatable bonds is 5. The van der Waals surface area contributed by atoms with E-state index in [1.165, 1.54) is 10.7 Å². The first-order valence-corrected chi connectivity index (χ1v) is 6.73. The summed E-state index contributed by atoms with van der Waals surface area (Å²) in [6.45, 7) is 1.77. The summed E-state index contributed by atoms with van der Waals surface area (Å²) < 4.78 is 1.48. The first kappa shape index (κ1) is 16.4. The van der Waals surface area contributed by atoms with E-state index in [9.17, 15) is 20.0 Å². The summed E-state index contributed by atoms with van der Waals surface area (Å²) in [6, 6.07) is 4.06. The number of aromatic nitrogens is 2. The van der Waals surface area contributed by atoms with Crippen molar-refractivity contribution in [3.63, 3.8) is 0 Å². The molecule has 0 saturated carbocycles. The largest absolute Gasteiger partial charge is 0.502 e. The fourth-order valence-corrected chi connectivity index (χ4v) is 1.97. The molecule has 0 bridgehead atoms. The van der Waals surface area contributed by atoms with Crippen LogP contribution in [0.4, 0.5) is 5.69 Å². The Morgan fingerprint density at radius 3 is 2.96 bits per heavy atom. The zero-order chi connectivity index (χ0) is 17.0. The number of nitro benzene ring substituents is 1. The van der Waals surface area contributed by atoms with Gasteiger partial charge in [-0.1, -0.05) is 11.6 Å². The summed E-state index contributed by atoms with van der Waals surface area (Å²) in [5.74, 6) is -1.02. The Morgan fingerprint density at radius 1 is 1.61 bits per heavy atom. The first-order chi connectivity index (χ1) is 10.9. The minimum atomic E-state index is -0.766. The zero-order valence-electron chi connectivity index (χ0n) is 11.9. The van der Waals surface area contributed by atoms with Crippen molar-refractivity contribution in [3.8, 4) is 5.75 Å². The number of phenols is 1. The molecule has 9 nitrogen and oxygen atoms in total. The van der Waals surface area contributed by atoms with Gasteiger partial charge in [-0.25, -0.2) is 5.43 Å². The van der Waals surface area contributed by atoms with Gasteiger partial charge in [0.25, 0.3) is 5.91 Å². The number of nitrogens with one attached hydrogen (secondary N) is 1. The average molecular weight is 338 g/mol. The van der Waals surface area contributed by atoms with Crippen molar-refractivity contribution >= 4 is 29.4 Å². The number of benzene rings is 1. The van der Waals surface area contributed by atoms with Crippen LogP contribution in [-0.4, -0.2) is 31.9 Å². The summed E-state index contributed by atoms with van der Waals surface area (Å²) in [5.41, 5.74) is 2.52. The lowest BCUT2D eigenvalue weighted by Gasteiger charge is -2.03. The molecule has 2 N–H and O–H groups in total. The van der Waals surface area contributed by atoms with Crippen molar-refractivity contribution in [1.29, 1.82) is 0 Å². The number of nitrogens with zero attached hydrogens (tertiary/aromatic N) is 4. The number of nitro groups is 1. The van der Waals surface area contributed by atoms with E-state index in [0.29, 0.717) is 0 Å². The minimum absolute atomic E-state index is 0.0137. The predicted molar refractivity (Wildman–Crippen MR) is 82.5 cm³/mol. The molecule has 0 unspecified atom stereocenters. The Hall–Kier alpha value is -2.94. The fourth-order valence-electron chi connectivity index (χ4n) is 1.75. The number of hydrogen-bond donors (Lipinski definition) is 2. The lowest BCUT2D eigenvalue weighted by Crippen LogP contribution is -2.24. The third-order valence-electron chi connectivity index (χ3n) is 2.90. The molecule has 0 saturated heterocycles. The molecule has 1 aromatic carbocycles. The van der Waals surface area contributed by atoms with Crippen LogP contribution < -0.4 is 5.43 Å². The van der Waals surface area contributed by atoms with Gasteiger partial charge in [-0.05, 0) is 19.1 Å². The normalized spacial score (nSPS) is 10.9. The second kappa shape index (κ2) is 6.88. The first-order valence-electron chi connectivity index (χ1n) is 6.35. The summed E-state index contributed by atoms with van der Waals surface area (Å²) in [4.78, 5) is 21.7. The summed E-state index contributed by atoms with van der Waals surface area (Å²) in [6.07, 6.45) is 2.64. The van der Waals surface area contributed by atoms with Gasteiger partial charge in [-0.3, -0.25) is 19.6 Å². The van der Waals surface area contributed by atoms with E-state index in [1.807, 2.05) is 0 Å². The quantitative estimate of drug-likeness (QED) is 0.487. The maximum absolute atomic E-state index is 11.7. The van der Waals surface area contributed by atoms with Crippen molar-refractivity contribution in [2.45, 2.75) is 13.5 Å². The number of carbonyl (C=O) groups excluding carboxylic acids is 1. The Labute approximate surface area is 135 Å². The number of aryl methyl sites for hydroxylation is 1. The fraction of sp³-hybridized carbons (Fsp3) is 0.154. The molecule has 1 heterocycles. The number of hydrazone groups is 1. The van der Waals surface area contributed by atoms with E-state index in [0.717, 1.165) is 18.0 Å². The topological polar surface area (TPSA) is 123 Å². The number of amides is 1. The van der Waals surface area contributed by atoms with Crippen molar-refractivity contribution in [3.05, 3.63) is 50.8 Å². The van der Waals surface area contributed by atoms with Crippen LogP contribution in [0.25, 0.3) is 0 Å². The number of carbonyl (C=O) groups is 1. The summed E-state index contributed by atoms with van der Waals surface area (Å²) in [5, 5.41) is 28.2. The van der Waals surface area contributed by atoms with Gasteiger partial charge in [0.15, 0.2) is 0 Å². The number of phenolic OH excluding ortho intramolecular Hbond substituents is 1. The van der Waals surface area contributed by atoms with Crippen LogP contribution in [0.5, 0.6) is 5.75 Å². The zero-order valence-corrected chi connectivity index (χ0v) is 12.7. The van der Waals surface area contributed by atoms with Crippen LogP contribution in [0.2, 0.25) is 5.02 Å². The SMILES string of the molecule is Cc1ccnn1CC(=O)NN=Cc1cc(Cl)cc([N+](=O)[O-])c1O. The molecule has 1 amide bonds. The second-order valence-electron chi connectivity index (χ2n) is 4.54. The highest BCUT2D eigenvalue weighted by atomic mass is 35.5. The number of aromatic hydroxyl groups is 1. The van der Waals surface area contributed by atoms with Crippen LogP contribution >= 0.6 is 11.6 Å². The second-order valence-corrected chi connectivity index (χ2v) is 4.98. The van der Waals surface area contributed by atoms with Crippen molar-refractivity contribution < 1.29 is 14.8 Å². The molecule has 0 aliphatic rings. The van der Waals surface area contributed by atoms with E-state index >= 15 is 0 Å². The van der Waals surface area contributed by atoms with Gasteiger partial charge in [0.05, 0.1) is 11.1 Å². The van der Waals surface area contributed by atoms with Gasteiger partial charge in [-0.15, -0.1) is 0 Å². The highest BCUT2D eigenvalue weighted by molar-refractivity contribution is 6.31. The van der Waals surface area contributed by atoms with Gasteiger partial charge in [0.1, 0.15) is 6.54 Å². The van der Waals surface area contributed by atoms with Crippen LogP contribution in [0.1, 0.15) is 11.3 Å². The van der Waals surface area contributed by atoms with Crippen LogP contribution in [0.15, 0.2) is 29.5 Å². The third kappa shape index (κ3) is 4.04. The van der Waals surface area contributed by atoms with Crippen molar-refractivity contribution in [1.82, 2.24) is 15.2 Å². The van der Waals surface area contributed by atoms with Gasteiger partial charge in [-0.2, -0.15) is 10.2 Å². The van der Waals surface area contributed by atoms with Gasteiger partial charge in [0.2, 0.25) is 5.75 Å². The highest BCUT2D eigenvalue weighted by Crippen LogP contribution is 2.32. The summed E-state index contributed by atoms with van der Waals surface area (Å²) >= 11 is 5.74.